The Kier molecular flexibility index (Phi) is 7.20. The highest BCUT2D eigenvalue weighted by Crippen LogP contribution is 2.24. The molecule has 4 aromatic rings. The van der Waals surface area contributed by atoms with Gasteiger partial charge in [-0.05, 0) is 66.1 Å². The van der Waals surface area contributed by atoms with E-state index < -0.39 is 11.6 Å². The van der Waals surface area contributed by atoms with Crippen LogP contribution in [0.2, 0.25) is 0 Å². The normalized spacial score (nSPS) is 10.8. The van der Waals surface area contributed by atoms with Crippen LogP contribution in [0.15, 0.2) is 88.1 Å². The first kappa shape index (κ1) is 22.3. The van der Waals surface area contributed by atoms with E-state index in [9.17, 15) is 9.59 Å². The van der Waals surface area contributed by atoms with Crippen LogP contribution in [0.1, 0.15) is 43.0 Å². The number of esters is 1. The van der Waals surface area contributed by atoms with Crippen LogP contribution in [0.3, 0.4) is 0 Å². The number of rotatable bonds is 9. The van der Waals surface area contributed by atoms with Crippen molar-refractivity contribution in [3.63, 3.8) is 0 Å². The molecular weight excluding hydrogens is 416 g/mol. The van der Waals surface area contributed by atoms with Crippen LogP contribution in [0.4, 0.5) is 0 Å². The first-order valence-corrected chi connectivity index (χ1v) is 11.2. The number of fused-ring (bicyclic) bond motifs is 1. The van der Waals surface area contributed by atoms with Gasteiger partial charge in [0.1, 0.15) is 17.1 Å². The molecule has 5 heteroatoms. The summed E-state index contributed by atoms with van der Waals surface area (Å²) in [5, 5.41) is 0.684. The van der Waals surface area contributed by atoms with E-state index in [1.807, 2.05) is 36.4 Å². The van der Waals surface area contributed by atoms with Gasteiger partial charge in [-0.1, -0.05) is 50.5 Å². The second-order valence-corrected chi connectivity index (χ2v) is 7.85. The van der Waals surface area contributed by atoms with Crippen molar-refractivity contribution in [1.82, 2.24) is 0 Å². The molecule has 0 aliphatic heterocycles. The van der Waals surface area contributed by atoms with Crippen molar-refractivity contribution < 1.29 is 18.7 Å². The lowest BCUT2D eigenvalue weighted by atomic mass is 10.0. The SMILES string of the molecule is CCCCCCOc1ccc(-c2ccc(C(=O)Oc3ccc4oc(=O)ccc4c3)cc2)cc1. The molecule has 0 aliphatic carbocycles. The van der Waals surface area contributed by atoms with Gasteiger partial charge in [0.2, 0.25) is 0 Å². The molecule has 0 fully saturated rings. The molecule has 0 bridgehead atoms. The minimum atomic E-state index is -0.454. The van der Waals surface area contributed by atoms with E-state index in [-0.39, 0.29) is 0 Å². The Morgan fingerprint density at radius 1 is 0.788 bits per heavy atom. The predicted octanol–water partition coefficient (Wildman–Crippen LogP) is 6.64. The van der Waals surface area contributed by atoms with Crippen molar-refractivity contribution in [1.29, 1.82) is 0 Å². The molecular formula is C28H26O5. The van der Waals surface area contributed by atoms with Crippen LogP contribution < -0.4 is 15.1 Å². The highest BCUT2D eigenvalue weighted by Gasteiger charge is 2.10. The number of hydrogen-bond acceptors (Lipinski definition) is 5. The number of carbonyl (C=O) groups excluding carboxylic acids is 1. The molecule has 0 amide bonds. The fourth-order valence-corrected chi connectivity index (χ4v) is 3.54. The van der Waals surface area contributed by atoms with Crippen molar-refractivity contribution >= 4 is 16.9 Å². The van der Waals surface area contributed by atoms with E-state index in [1.165, 1.54) is 25.3 Å². The fourth-order valence-electron chi connectivity index (χ4n) is 3.54. The van der Waals surface area contributed by atoms with Gasteiger partial charge in [-0.3, -0.25) is 0 Å². The Balaban J connectivity index is 1.37. The van der Waals surface area contributed by atoms with Crippen molar-refractivity contribution in [2.24, 2.45) is 0 Å². The standard InChI is InChI=1S/C28H26O5/c1-2-3-4-5-18-31-24-13-10-21(11-14-24)20-6-8-22(9-7-20)28(30)32-25-15-16-26-23(19-25)12-17-27(29)33-26/h6-17,19H,2-5,18H2,1H3. The average Bonchev–Trinajstić information content (AvgIpc) is 2.84. The maximum Gasteiger partial charge on any atom is 0.343 e. The molecule has 0 unspecified atom stereocenters. The predicted molar refractivity (Wildman–Crippen MR) is 129 cm³/mol. The zero-order valence-corrected chi connectivity index (χ0v) is 18.6. The monoisotopic (exact) mass is 442 g/mol. The van der Waals surface area contributed by atoms with E-state index in [2.05, 4.69) is 6.92 Å². The van der Waals surface area contributed by atoms with Crippen molar-refractivity contribution in [3.05, 3.63) is 94.8 Å². The molecule has 0 atom stereocenters. The Bertz CT molecular complexity index is 1270. The fraction of sp³-hybridized carbons (Fsp3) is 0.214. The Morgan fingerprint density at radius 3 is 2.21 bits per heavy atom. The summed E-state index contributed by atoms with van der Waals surface area (Å²) in [6.45, 7) is 2.94. The summed E-state index contributed by atoms with van der Waals surface area (Å²) in [4.78, 5) is 23.8. The minimum Gasteiger partial charge on any atom is -0.494 e. The lowest BCUT2D eigenvalue weighted by Crippen LogP contribution is -2.08. The zero-order chi connectivity index (χ0) is 23.0. The summed E-state index contributed by atoms with van der Waals surface area (Å²) in [6, 6.07) is 23.1. The van der Waals surface area contributed by atoms with Crippen molar-refractivity contribution in [2.45, 2.75) is 32.6 Å². The third-order valence-corrected chi connectivity index (χ3v) is 5.38. The van der Waals surface area contributed by atoms with Gasteiger partial charge in [0.25, 0.3) is 0 Å². The average molecular weight is 443 g/mol. The molecule has 0 N–H and O–H groups in total. The second-order valence-electron chi connectivity index (χ2n) is 7.85. The maximum atomic E-state index is 12.6. The first-order valence-electron chi connectivity index (χ1n) is 11.2. The topological polar surface area (TPSA) is 65.7 Å². The number of hydrogen-bond donors (Lipinski definition) is 0. The third-order valence-electron chi connectivity index (χ3n) is 5.38. The molecule has 0 radical (unpaired) electrons. The van der Waals surface area contributed by atoms with E-state index in [0.29, 0.717) is 22.3 Å². The maximum absolute atomic E-state index is 12.6. The molecule has 5 nitrogen and oxygen atoms in total. The highest BCUT2D eigenvalue weighted by atomic mass is 16.5. The summed E-state index contributed by atoms with van der Waals surface area (Å²) >= 11 is 0. The van der Waals surface area contributed by atoms with Crippen LogP contribution >= 0.6 is 0 Å². The van der Waals surface area contributed by atoms with E-state index in [0.717, 1.165) is 29.9 Å². The largest absolute Gasteiger partial charge is 0.494 e. The zero-order valence-electron chi connectivity index (χ0n) is 18.6. The number of benzene rings is 3. The van der Waals surface area contributed by atoms with Crippen LogP contribution in [0, 0.1) is 0 Å². The van der Waals surface area contributed by atoms with Crippen molar-refractivity contribution in [2.75, 3.05) is 6.61 Å². The van der Waals surface area contributed by atoms with Gasteiger partial charge in [-0.25, -0.2) is 9.59 Å². The Morgan fingerprint density at radius 2 is 1.48 bits per heavy atom. The summed E-state index contributed by atoms with van der Waals surface area (Å²) in [5.74, 6) is 0.797. The quantitative estimate of drug-likeness (QED) is 0.126. The van der Waals surface area contributed by atoms with Crippen molar-refractivity contribution in [3.8, 4) is 22.6 Å². The molecule has 1 heterocycles. The third kappa shape index (κ3) is 5.89. The van der Waals surface area contributed by atoms with Gasteiger partial charge < -0.3 is 13.9 Å². The van der Waals surface area contributed by atoms with Crippen LogP contribution in [-0.2, 0) is 0 Å². The Hall–Kier alpha value is -3.86. The van der Waals surface area contributed by atoms with Crippen LogP contribution in [0.25, 0.3) is 22.1 Å². The number of carbonyl (C=O) groups is 1. The summed E-state index contributed by atoms with van der Waals surface area (Å²) in [7, 11) is 0. The van der Waals surface area contributed by atoms with E-state index in [4.69, 9.17) is 13.9 Å². The molecule has 168 valence electrons. The van der Waals surface area contributed by atoms with Crippen LogP contribution in [0.5, 0.6) is 11.5 Å². The van der Waals surface area contributed by atoms with Gasteiger partial charge in [-0.2, -0.15) is 0 Å². The Labute approximate surface area is 192 Å². The molecule has 1 aromatic heterocycles. The number of unbranched alkanes of at least 4 members (excludes halogenated alkanes) is 3. The van der Waals surface area contributed by atoms with Gasteiger partial charge in [0.05, 0.1) is 12.2 Å². The molecule has 3 aromatic carbocycles. The van der Waals surface area contributed by atoms with Gasteiger partial charge in [-0.15, -0.1) is 0 Å². The number of ether oxygens (including phenoxy) is 2. The summed E-state index contributed by atoms with van der Waals surface area (Å²) in [6.07, 6.45) is 4.73. The molecule has 33 heavy (non-hydrogen) atoms. The van der Waals surface area contributed by atoms with Gasteiger partial charge >= 0.3 is 11.6 Å². The van der Waals surface area contributed by atoms with Gasteiger partial charge in [0.15, 0.2) is 0 Å². The smallest absolute Gasteiger partial charge is 0.343 e. The highest BCUT2D eigenvalue weighted by molar-refractivity contribution is 5.92. The van der Waals surface area contributed by atoms with Gasteiger partial charge in [0, 0.05) is 11.5 Å². The lowest BCUT2D eigenvalue weighted by molar-refractivity contribution is 0.0735. The molecule has 0 aliphatic rings. The lowest BCUT2D eigenvalue weighted by Gasteiger charge is -2.08. The molecule has 0 saturated carbocycles. The summed E-state index contributed by atoms with van der Waals surface area (Å²) < 4.78 is 16.4. The molecule has 4 rings (SSSR count). The molecule has 0 saturated heterocycles. The first-order chi connectivity index (χ1) is 16.1. The second kappa shape index (κ2) is 10.6. The van der Waals surface area contributed by atoms with E-state index in [1.54, 1.807) is 36.4 Å². The van der Waals surface area contributed by atoms with E-state index >= 15 is 0 Å². The minimum absolute atomic E-state index is 0.385. The summed E-state index contributed by atoms with van der Waals surface area (Å²) in [5.41, 5.74) is 2.52. The molecule has 0 spiro atoms. The van der Waals surface area contributed by atoms with Crippen LogP contribution in [-0.4, -0.2) is 12.6 Å².